The first-order valence-electron chi connectivity index (χ1n) is 6.41. The topological polar surface area (TPSA) is 64.7 Å². The number of benzene rings is 1. The van der Waals surface area contributed by atoms with E-state index in [-0.39, 0.29) is 12.1 Å². The Bertz CT molecular complexity index is 468. The molecular weight excluding hydrogens is 256 g/mol. The highest BCUT2D eigenvalue weighted by atomic mass is 16.2. The lowest BCUT2D eigenvalue weighted by molar-refractivity contribution is 0.138. The average molecular weight is 278 g/mol. The van der Waals surface area contributed by atoms with Crippen LogP contribution < -0.4 is 15.6 Å². The highest BCUT2D eigenvalue weighted by molar-refractivity contribution is 5.95. The maximum atomic E-state index is 12.2. The lowest BCUT2D eigenvalue weighted by Crippen LogP contribution is -2.62. The summed E-state index contributed by atoms with van der Waals surface area (Å²) in [5.41, 5.74) is 0.0491. The van der Waals surface area contributed by atoms with E-state index in [0.717, 1.165) is 0 Å². The zero-order chi connectivity index (χ0) is 15.3. The largest absolute Gasteiger partial charge is 0.340 e. The molecule has 0 aliphatic carbocycles. The van der Waals surface area contributed by atoms with Gasteiger partial charge >= 0.3 is 12.1 Å². The second-order valence-corrected chi connectivity index (χ2v) is 5.24. The van der Waals surface area contributed by atoms with Crippen molar-refractivity contribution in [2.24, 2.45) is 0 Å². The van der Waals surface area contributed by atoms with E-state index in [2.05, 4.69) is 10.6 Å². The quantitative estimate of drug-likeness (QED) is 0.773. The number of carbonyl (C=O) groups excluding carboxylic acids is 2. The van der Waals surface area contributed by atoms with E-state index in [1.165, 1.54) is 24.1 Å². The molecule has 0 atom stereocenters. The summed E-state index contributed by atoms with van der Waals surface area (Å²) >= 11 is 0. The minimum absolute atomic E-state index is 0.357. The minimum Gasteiger partial charge on any atom is -0.340 e. The molecule has 0 aromatic heterocycles. The summed E-state index contributed by atoms with van der Waals surface area (Å²) < 4.78 is 0. The zero-order valence-electron chi connectivity index (χ0n) is 12.6. The number of hydrogen-bond donors (Lipinski definition) is 2. The summed E-state index contributed by atoms with van der Waals surface area (Å²) in [6.07, 6.45) is 0. The Kier molecular flexibility index (Phi) is 4.96. The van der Waals surface area contributed by atoms with Crippen LogP contribution >= 0.6 is 0 Å². The fourth-order valence-corrected chi connectivity index (χ4v) is 1.80. The second kappa shape index (κ2) is 6.27. The van der Waals surface area contributed by atoms with Gasteiger partial charge in [0.2, 0.25) is 0 Å². The fraction of sp³-hybridized carbons (Fsp3) is 0.429. The van der Waals surface area contributed by atoms with Gasteiger partial charge in [-0.25, -0.2) is 14.6 Å². The third-order valence-electron chi connectivity index (χ3n) is 2.65. The monoisotopic (exact) mass is 278 g/mol. The first-order valence-corrected chi connectivity index (χ1v) is 6.41. The van der Waals surface area contributed by atoms with Crippen LogP contribution in [0.1, 0.15) is 20.8 Å². The third kappa shape index (κ3) is 3.40. The molecule has 0 fully saturated rings. The Morgan fingerprint density at radius 2 is 1.45 bits per heavy atom. The van der Waals surface area contributed by atoms with E-state index in [1.807, 2.05) is 39.0 Å². The van der Waals surface area contributed by atoms with Crippen LogP contribution in [0.25, 0.3) is 0 Å². The number of nitrogens with zero attached hydrogens (tertiary/aromatic N) is 2. The highest BCUT2D eigenvalue weighted by Gasteiger charge is 2.35. The fourth-order valence-electron chi connectivity index (χ4n) is 1.80. The molecule has 0 aliphatic heterocycles. The van der Waals surface area contributed by atoms with Crippen molar-refractivity contribution in [3.8, 4) is 0 Å². The van der Waals surface area contributed by atoms with Crippen molar-refractivity contribution in [3.63, 3.8) is 0 Å². The van der Waals surface area contributed by atoms with Crippen molar-refractivity contribution in [2.45, 2.75) is 26.3 Å². The van der Waals surface area contributed by atoms with E-state index < -0.39 is 5.54 Å². The van der Waals surface area contributed by atoms with Gasteiger partial charge in [-0.05, 0) is 32.9 Å². The maximum Gasteiger partial charge on any atom is 0.340 e. The lowest BCUT2D eigenvalue weighted by Gasteiger charge is -2.42. The van der Waals surface area contributed by atoms with Gasteiger partial charge in [-0.1, -0.05) is 18.2 Å². The number of nitrogens with one attached hydrogen (secondary N) is 2. The summed E-state index contributed by atoms with van der Waals surface area (Å²) in [6, 6.07) is 8.30. The molecule has 20 heavy (non-hydrogen) atoms. The molecule has 0 radical (unpaired) electrons. The molecule has 2 N–H and O–H groups in total. The van der Waals surface area contributed by atoms with E-state index >= 15 is 0 Å². The summed E-state index contributed by atoms with van der Waals surface area (Å²) in [7, 11) is 3.07. The Balaban J connectivity index is 3.33. The van der Waals surface area contributed by atoms with Crippen LogP contribution in [0, 0.1) is 0 Å². The van der Waals surface area contributed by atoms with E-state index in [4.69, 9.17) is 0 Å². The van der Waals surface area contributed by atoms with Crippen LogP contribution in [0.2, 0.25) is 0 Å². The molecule has 0 unspecified atom stereocenters. The van der Waals surface area contributed by atoms with Crippen LogP contribution in [0.5, 0.6) is 0 Å². The van der Waals surface area contributed by atoms with E-state index in [0.29, 0.717) is 5.69 Å². The smallest absolute Gasteiger partial charge is 0.340 e. The maximum absolute atomic E-state index is 12.2. The molecule has 0 saturated heterocycles. The molecular formula is C14H22N4O2. The molecule has 0 aliphatic rings. The number of amides is 4. The molecule has 0 bridgehead atoms. The summed E-state index contributed by atoms with van der Waals surface area (Å²) in [5, 5.41) is 7.85. The highest BCUT2D eigenvalue weighted by Crippen LogP contribution is 2.23. The summed E-state index contributed by atoms with van der Waals surface area (Å²) in [4.78, 5) is 24.4. The van der Waals surface area contributed by atoms with Crippen molar-refractivity contribution in [1.82, 2.24) is 15.6 Å². The first-order chi connectivity index (χ1) is 9.32. The lowest BCUT2D eigenvalue weighted by atomic mass is 10.1. The molecule has 110 valence electrons. The standard InChI is InChI=1S/C14H22N4O2/c1-14(2,3)18(13(20)16-5)17(12(19)15-4)11-9-7-6-8-10-11/h6-10H,1-5H3,(H,15,19)(H,16,20). The molecule has 0 heterocycles. The Morgan fingerprint density at radius 1 is 0.950 bits per heavy atom. The second-order valence-electron chi connectivity index (χ2n) is 5.24. The third-order valence-corrected chi connectivity index (χ3v) is 2.65. The van der Waals surface area contributed by atoms with Gasteiger partial charge in [-0.15, -0.1) is 0 Å². The van der Waals surface area contributed by atoms with Crippen molar-refractivity contribution in [2.75, 3.05) is 19.1 Å². The summed E-state index contributed by atoms with van der Waals surface area (Å²) in [5.74, 6) is 0. The van der Waals surface area contributed by atoms with Gasteiger partial charge in [-0.3, -0.25) is 0 Å². The molecule has 0 spiro atoms. The predicted molar refractivity (Wildman–Crippen MR) is 79.4 cm³/mol. The van der Waals surface area contributed by atoms with Crippen LogP contribution in [-0.2, 0) is 0 Å². The first kappa shape index (κ1) is 15.8. The van der Waals surface area contributed by atoms with Crippen molar-refractivity contribution in [3.05, 3.63) is 30.3 Å². The molecule has 1 aromatic carbocycles. The Labute approximate surface area is 119 Å². The molecule has 6 nitrogen and oxygen atoms in total. The zero-order valence-corrected chi connectivity index (χ0v) is 12.6. The Hall–Kier alpha value is -2.24. The van der Waals surface area contributed by atoms with Crippen LogP contribution in [0.15, 0.2) is 30.3 Å². The average Bonchev–Trinajstić information content (AvgIpc) is 2.42. The van der Waals surface area contributed by atoms with E-state index in [1.54, 1.807) is 12.1 Å². The van der Waals surface area contributed by atoms with Crippen LogP contribution in [0.4, 0.5) is 15.3 Å². The van der Waals surface area contributed by atoms with Crippen molar-refractivity contribution < 1.29 is 9.59 Å². The molecule has 1 rings (SSSR count). The van der Waals surface area contributed by atoms with Gasteiger partial charge in [0.25, 0.3) is 0 Å². The van der Waals surface area contributed by atoms with Gasteiger partial charge in [0, 0.05) is 14.1 Å². The van der Waals surface area contributed by atoms with Gasteiger partial charge in [0.15, 0.2) is 0 Å². The molecule has 4 amide bonds. The van der Waals surface area contributed by atoms with Crippen molar-refractivity contribution >= 4 is 17.7 Å². The number of urea groups is 2. The normalized spacial score (nSPS) is 10.7. The number of anilines is 1. The molecule has 0 saturated carbocycles. The van der Waals surface area contributed by atoms with Gasteiger partial charge in [0.1, 0.15) is 0 Å². The van der Waals surface area contributed by atoms with E-state index in [9.17, 15) is 9.59 Å². The number of hydrogen-bond acceptors (Lipinski definition) is 2. The van der Waals surface area contributed by atoms with Crippen LogP contribution in [0.3, 0.4) is 0 Å². The predicted octanol–water partition coefficient (Wildman–Crippen LogP) is 2.19. The number of rotatable bonds is 1. The van der Waals surface area contributed by atoms with Crippen molar-refractivity contribution in [1.29, 1.82) is 0 Å². The van der Waals surface area contributed by atoms with Gasteiger partial charge in [0.05, 0.1) is 11.2 Å². The SMILES string of the molecule is CNC(=O)N(c1ccccc1)N(C(=O)NC)C(C)(C)C. The molecule has 6 heteroatoms. The van der Waals surface area contributed by atoms with Gasteiger partial charge < -0.3 is 10.6 Å². The van der Waals surface area contributed by atoms with Gasteiger partial charge in [-0.2, -0.15) is 5.01 Å². The molecule has 1 aromatic rings. The number of para-hydroxylation sites is 1. The Morgan fingerprint density at radius 3 is 1.85 bits per heavy atom. The number of carbonyl (C=O) groups is 2. The minimum atomic E-state index is -0.567. The van der Waals surface area contributed by atoms with Crippen LogP contribution in [-0.4, -0.2) is 36.7 Å². The summed E-state index contributed by atoms with van der Waals surface area (Å²) in [6.45, 7) is 5.59. The number of hydrazine groups is 1.